The first-order valence-corrected chi connectivity index (χ1v) is 13.8. The van der Waals surface area contributed by atoms with Gasteiger partial charge in [-0.15, -0.1) is 0 Å². The molecule has 0 aliphatic heterocycles. The van der Waals surface area contributed by atoms with Crippen molar-refractivity contribution in [1.82, 2.24) is 29.9 Å². The lowest BCUT2D eigenvalue weighted by molar-refractivity contribution is 0.310. The molecule has 0 aliphatic rings. The average molecular weight is 607 g/mol. The quantitative estimate of drug-likeness (QED) is 0.0574. The van der Waals surface area contributed by atoms with Crippen molar-refractivity contribution in [2.75, 3.05) is 71.3 Å². The van der Waals surface area contributed by atoms with Gasteiger partial charge in [-0.25, -0.2) is 4.39 Å². The molecule has 4 aromatic rings. The molecule has 0 spiro atoms. The summed E-state index contributed by atoms with van der Waals surface area (Å²) in [5.74, 6) is 1.33. The van der Waals surface area contributed by atoms with E-state index in [4.69, 9.17) is 16.2 Å². The summed E-state index contributed by atoms with van der Waals surface area (Å²) in [6.07, 6.45) is 1.02. The van der Waals surface area contributed by atoms with Gasteiger partial charge in [0.15, 0.2) is 0 Å². The van der Waals surface area contributed by atoms with Crippen molar-refractivity contribution in [2.45, 2.75) is 12.8 Å². The molecule has 2 aromatic carbocycles. The van der Waals surface area contributed by atoms with E-state index in [-0.39, 0.29) is 50.0 Å². The number of nitrogens with two attached hydrogens (primary N) is 1. The lowest BCUT2D eigenvalue weighted by atomic mass is 10.1. The Labute approximate surface area is 252 Å². The van der Waals surface area contributed by atoms with Gasteiger partial charge in [-0.1, -0.05) is 18.2 Å². The number of anilines is 8. The number of hydrogen-bond acceptors (Lipinski definition) is 15. The van der Waals surface area contributed by atoms with Crippen molar-refractivity contribution >= 4 is 52.9 Å². The topological polar surface area (TPSA) is 240 Å². The van der Waals surface area contributed by atoms with E-state index in [1.165, 1.54) is 12.1 Å². The Kier molecular flexibility index (Phi) is 11.7. The number of aliphatic hydroxyl groups excluding tert-OH is 2. The Bertz CT molecular complexity index is 1510. The van der Waals surface area contributed by atoms with Crippen LogP contribution in [-0.4, -0.2) is 85.3 Å². The van der Waals surface area contributed by atoms with Crippen molar-refractivity contribution < 1.29 is 14.6 Å². The van der Waals surface area contributed by atoms with Crippen molar-refractivity contribution in [3.8, 4) is 0 Å². The molecule has 16 nitrogen and oxygen atoms in total. The van der Waals surface area contributed by atoms with Gasteiger partial charge in [0.2, 0.25) is 35.7 Å². The second-order valence-corrected chi connectivity index (χ2v) is 9.25. The van der Waals surface area contributed by atoms with Gasteiger partial charge in [0, 0.05) is 44.0 Å². The number of amidine groups is 1. The minimum absolute atomic E-state index is 0.0560. The van der Waals surface area contributed by atoms with Crippen molar-refractivity contribution in [3.05, 3.63) is 59.9 Å². The fraction of sp³-hybridized carbons (Fsp3) is 0.296. The SMILES string of the molecule is N=C(N)CCNc1nc(NCCO)nc(NCCc2ccc(Nc3nc(NCCO)nc(Nc4cccc(F)c4)n3)cc2)n1. The van der Waals surface area contributed by atoms with Gasteiger partial charge in [0.05, 0.1) is 19.0 Å². The van der Waals surface area contributed by atoms with E-state index >= 15 is 0 Å². The molecule has 0 atom stereocenters. The first-order chi connectivity index (χ1) is 21.4. The van der Waals surface area contributed by atoms with Crippen LogP contribution >= 0.6 is 0 Å². The van der Waals surface area contributed by atoms with Crippen LogP contribution in [0.5, 0.6) is 0 Å². The van der Waals surface area contributed by atoms with Crippen LogP contribution in [0.2, 0.25) is 0 Å². The summed E-state index contributed by atoms with van der Waals surface area (Å²) in [6.45, 7) is 1.28. The number of nitrogens with one attached hydrogen (secondary N) is 7. The summed E-state index contributed by atoms with van der Waals surface area (Å²) in [6, 6.07) is 13.6. The molecule has 2 aromatic heterocycles. The van der Waals surface area contributed by atoms with Crippen LogP contribution in [0.25, 0.3) is 0 Å². The van der Waals surface area contributed by atoms with Gasteiger partial charge in [-0.3, -0.25) is 5.41 Å². The molecule has 44 heavy (non-hydrogen) atoms. The van der Waals surface area contributed by atoms with Gasteiger partial charge >= 0.3 is 0 Å². The Morgan fingerprint density at radius 3 is 1.70 bits per heavy atom. The van der Waals surface area contributed by atoms with E-state index in [0.717, 1.165) is 11.3 Å². The predicted molar refractivity (Wildman–Crippen MR) is 167 cm³/mol. The summed E-state index contributed by atoms with van der Waals surface area (Å²) in [5.41, 5.74) is 7.66. The molecular formula is C27H35FN14O2. The molecule has 0 unspecified atom stereocenters. The maximum Gasteiger partial charge on any atom is 0.233 e. The van der Waals surface area contributed by atoms with Crippen molar-refractivity contribution in [3.63, 3.8) is 0 Å². The minimum Gasteiger partial charge on any atom is -0.395 e. The zero-order chi connectivity index (χ0) is 31.1. The van der Waals surface area contributed by atoms with Crippen LogP contribution in [0.1, 0.15) is 12.0 Å². The van der Waals surface area contributed by atoms with E-state index in [1.54, 1.807) is 12.1 Å². The third-order valence-electron chi connectivity index (χ3n) is 5.73. The number of rotatable bonds is 18. The van der Waals surface area contributed by atoms with Gasteiger partial charge < -0.3 is 47.8 Å². The van der Waals surface area contributed by atoms with Gasteiger partial charge in [-0.05, 0) is 42.3 Å². The van der Waals surface area contributed by atoms with E-state index in [0.29, 0.717) is 49.5 Å². The summed E-state index contributed by atoms with van der Waals surface area (Å²) in [5, 5.41) is 43.8. The van der Waals surface area contributed by atoms with Crippen LogP contribution in [0.3, 0.4) is 0 Å². The van der Waals surface area contributed by atoms with Crippen molar-refractivity contribution in [1.29, 1.82) is 5.41 Å². The fourth-order valence-electron chi connectivity index (χ4n) is 3.72. The highest BCUT2D eigenvalue weighted by atomic mass is 19.1. The maximum absolute atomic E-state index is 13.6. The third kappa shape index (κ3) is 10.4. The van der Waals surface area contributed by atoms with Crippen molar-refractivity contribution in [2.24, 2.45) is 5.73 Å². The Balaban J connectivity index is 1.37. The molecule has 0 saturated carbocycles. The number of aromatic nitrogens is 6. The first kappa shape index (κ1) is 31.5. The number of aliphatic hydroxyl groups is 2. The molecule has 4 rings (SSSR count). The zero-order valence-corrected chi connectivity index (χ0v) is 23.8. The largest absolute Gasteiger partial charge is 0.395 e. The second kappa shape index (κ2) is 16.3. The Hall–Kier alpha value is -5.42. The van der Waals surface area contributed by atoms with E-state index in [9.17, 15) is 9.50 Å². The van der Waals surface area contributed by atoms with Crippen LogP contribution in [0.15, 0.2) is 48.5 Å². The van der Waals surface area contributed by atoms with Crippen LogP contribution < -0.4 is 37.6 Å². The highest BCUT2D eigenvalue weighted by Crippen LogP contribution is 2.20. The second-order valence-electron chi connectivity index (χ2n) is 9.25. The van der Waals surface area contributed by atoms with E-state index in [2.05, 4.69) is 61.8 Å². The van der Waals surface area contributed by atoms with Crippen LogP contribution in [0.4, 0.5) is 51.5 Å². The number of benzene rings is 2. The molecule has 0 amide bonds. The maximum atomic E-state index is 13.6. The molecule has 0 bridgehead atoms. The summed E-state index contributed by atoms with van der Waals surface area (Å²) >= 11 is 0. The highest BCUT2D eigenvalue weighted by Gasteiger charge is 2.09. The monoisotopic (exact) mass is 606 g/mol. The summed E-state index contributed by atoms with van der Waals surface area (Å²) in [4.78, 5) is 26.0. The summed E-state index contributed by atoms with van der Waals surface area (Å²) < 4.78 is 13.6. The lowest BCUT2D eigenvalue weighted by Crippen LogP contribution is -2.18. The molecular weight excluding hydrogens is 571 g/mol. The standard InChI is InChI=1S/C27H35FN14O2/c28-18-2-1-3-20(16-18)36-27-41-25(34-13-15-44)40-26(42-27)35-19-6-4-17(5-7-19)8-10-31-22-37-23(32-11-9-21(29)30)39-24(38-22)33-12-14-43/h1-7,16,43-44H,8-15H2,(H3,29,30)(H3,31,32,33,37,38,39)(H3,34,35,36,40,41,42). The molecule has 232 valence electrons. The van der Waals surface area contributed by atoms with Crippen LogP contribution in [0, 0.1) is 11.2 Å². The molecule has 0 aliphatic carbocycles. The lowest BCUT2D eigenvalue weighted by Gasteiger charge is -2.12. The molecule has 17 heteroatoms. The minimum atomic E-state index is -0.396. The highest BCUT2D eigenvalue weighted by molar-refractivity contribution is 5.77. The normalized spacial score (nSPS) is 10.6. The first-order valence-electron chi connectivity index (χ1n) is 13.8. The number of nitrogens with zero attached hydrogens (tertiary/aromatic N) is 6. The Morgan fingerprint density at radius 1 is 0.659 bits per heavy atom. The van der Waals surface area contributed by atoms with E-state index in [1.807, 2.05) is 24.3 Å². The molecule has 2 heterocycles. The molecule has 0 saturated heterocycles. The molecule has 0 fully saturated rings. The third-order valence-corrected chi connectivity index (χ3v) is 5.73. The van der Waals surface area contributed by atoms with Gasteiger partial charge in [-0.2, -0.15) is 29.9 Å². The predicted octanol–water partition coefficient (Wildman–Crippen LogP) is 1.88. The van der Waals surface area contributed by atoms with E-state index < -0.39 is 5.82 Å². The smallest absolute Gasteiger partial charge is 0.233 e. The Morgan fingerprint density at radius 2 is 1.16 bits per heavy atom. The number of hydrogen-bond donors (Lipinski definition) is 10. The van der Waals surface area contributed by atoms with Gasteiger partial charge in [0.25, 0.3) is 0 Å². The van der Waals surface area contributed by atoms with Crippen LogP contribution in [-0.2, 0) is 6.42 Å². The molecule has 11 N–H and O–H groups in total. The molecule has 0 radical (unpaired) electrons. The fourth-order valence-corrected chi connectivity index (χ4v) is 3.72. The summed E-state index contributed by atoms with van der Waals surface area (Å²) in [7, 11) is 0. The number of halogens is 1. The zero-order valence-electron chi connectivity index (χ0n) is 23.8. The average Bonchev–Trinajstić information content (AvgIpc) is 2.99. The van der Waals surface area contributed by atoms with Gasteiger partial charge in [0.1, 0.15) is 5.82 Å².